The van der Waals surface area contributed by atoms with Crippen molar-refractivity contribution in [3.63, 3.8) is 0 Å². The maximum atomic E-state index is 12.1. The lowest BCUT2D eigenvalue weighted by molar-refractivity contribution is -0.145. The van der Waals surface area contributed by atoms with Crippen LogP contribution < -0.4 is 5.32 Å². The van der Waals surface area contributed by atoms with Crippen LogP contribution >= 0.6 is 0 Å². The summed E-state index contributed by atoms with van der Waals surface area (Å²) in [5.41, 5.74) is 0. The minimum absolute atomic E-state index is 0.0231. The van der Waals surface area contributed by atoms with E-state index in [0.717, 1.165) is 0 Å². The van der Waals surface area contributed by atoms with E-state index in [9.17, 15) is 14.4 Å². The number of esters is 1. The molecular formula is C15H28N2O4. The van der Waals surface area contributed by atoms with E-state index >= 15 is 0 Å². The Morgan fingerprint density at radius 3 is 2.05 bits per heavy atom. The molecule has 6 heteroatoms. The smallest absolute Gasteiger partial charge is 0.320 e. The van der Waals surface area contributed by atoms with Crippen LogP contribution in [-0.4, -0.2) is 54.3 Å². The van der Waals surface area contributed by atoms with Crippen molar-refractivity contribution in [3.8, 4) is 0 Å². The first-order valence-electron chi connectivity index (χ1n) is 7.38. The van der Waals surface area contributed by atoms with E-state index < -0.39 is 6.04 Å². The highest BCUT2D eigenvalue weighted by molar-refractivity contribution is 5.88. The van der Waals surface area contributed by atoms with Crippen molar-refractivity contribution in [1.29, 1.82) is 0 Å². The summed E-state index contributed by atoms with van der Waals surface area (Å²) in [4.78, 5) is 36.8. The zero-order valence-electron chi connectivity index (χ0n) is 13.9. The van der Waals surface area contributed by atoms with Gasteiger partial charge in [0.25, 0.3) is 0 Å². The van der Waals surface area contributed by atoms with E-state index in [1.165, 1.54) is 6.92 Å². The molecule has 0 bridgehead atoms. The van der Waals surface area contributed by atoms with Crippen LogP contribution in [0.2, 0.25) is 0 Å². The quantitative estimate of drug-likeness (QED) is 0.643. The summed E-state index contributed by atoms with van der Waals surface area (Å²) in [6.45, 7) is 11.2. The minimum Gasteiger partial charge on any atom is -0.465 e. The molecular weight excluding hydrogens is 272 g/mol. The normalized spacial score (nSPS) is 12.6. The van der Waals surface area contributed by atoms with Crippen molar-refractivity contribution in [2.45, 2.75) is 53.6 Å². The third kappa shape index (κ3) is 7.80. The number of rotatable bonds is 9. The Morgan fingerprint density at radius 2 is 1.67 bits per heavy atom. The van der Waals surface area contributed by atoms with Crippen molar-refractivity contribution in [2.75, 3.05) is 19.7 Å². The summed E-state index contributed by atoms with van der Waals surface area (Å²) < 4.78 is 4.90. The number of amides is 1. The summed E-state index contributed by atoms with van der Waals surface area (Å²) in [6.07, 6.45) is 0. The van der Waals surface area contributed by atoms with E-state index in [-0.39, 0.29) is 42.7 Å². The number of carbonyl (C=O) groups excluding carboxylic acids is 3. The first kappa shape index (κ1) is 19.6. The molecule has 0 spiro atoms. The molecule has 0 rings (SSSR count). The highest BCUT2D eigenvalue weighted by Gasteiger charge is 2.23. The topological polar surface area (TPSA) is 75.7 Å². The molecule has 0 aromatic rings. The Morgan fingerprint density at radius 1 is 1.10 bits per heavy atom. The number of ether oxygens (including phenoxy) is 1. The SMILES string of the molecule is CCOC(=O)CN(CC(=O)NC(C(C)=O)C(C)C)C(C)C. The molecule has 0 radical (unpaired) electrons. The van der Waals surface area contributed by atoms with Crippen LogP contribution in [0.3, 0.4) is 0 Å². The van der Waals surface area contributed by atoms with Gasteiger partial charge in [0.1, 0.15) is 0 Å². The van der Waals surface area contributed by atoms with Gasteiger partial charge in [0.2, 0.25) is 5.91 Å². The standard InChI is InChI=1S/C15H28N2O4/c1-7-21-14(20)9-17(11(4)5)8-13(19)16-15(10(2)3)12(6)18/h10-11,15H,7-9H2,1-6H3,(H,16,19). The molecule has 1 amide bonds. The first-order valence-corrected chi connectivity index (χ1v) is 7.38. The van der Waals surface area contributed by atoms with E-state index in [2.05, 4.69) is 5.32 Å². The average Bonchev–Trinajstić information content (AvgIpc) is 2.34. The number of ketones is 1. The van der Waals surface area contributed by atoms with Crippen LogP contribution in [-0.2, 0) is 19.1 Å². The number of nitrogens with one attached hydrogen (secondary N) is 1. The Hall–Kier alpha value is -1.43. The van der Waals surface area contributed by atoms with Crippen LogP contribution in [0, 0.1) is 5.92 Å². The fourth-order valence-corrected chi connectivity index (χ4v) is 1.93. The van der Waals surface area contributed by atoms with Gasteiger partial charge in [-0.2, -0.15) is 0 Å². The molecule has 0 fully saturated rings. The number of hydrogen-bond donors (Lipinski definition) is 1. The number of nitrogens with zero attached hydrogens (tertiary/aromatic N) is 1. The van der Waals surface area contributed by atoms with Gasteiger partial charge in [-0.15, -0.1) is 0 Å². The predicted octanol–water partition coefficient (Wildman–Crippen LogP) is 0.990. The molecule has 21 heavy (non-hydrogen) atoms. The van der Waals surface area contributed by atoms with Crippen LogP contribution in [0.1, 0.15) is 41.5 Å². The third-order valence-corrected chi connectivity index (χ3v) is 3.14. The van der Waals surface area contributed by atoms with Crippen molar-refractivity contribution < 1.29 is 19.1 Å². The van der Waals surface area contributed by atoms with Crippen molar-refractivity contribution in [2.24, 2.45) is 5.92 Å². The molecule has 1 N–H and O–H groups in total. The fraction of sp³-hybridized carbons (Fsp3) is 0.800. The molecule has 0 saturated heterocycles. The van der Waals surface area contributed by atoms with E-state index in [0.29, 0.717) is 6.61 Å². The molecule has 0 heterocycles. The van der Waals surface area contributed by atoms with Gasteiger partial charge >= 0.3 is 5.97 Å². The molecule has 6 nitrogen and oxygen atoms in total. The zero-order valence-corrected chi connectivity index (χ0v) is 13.9. The largest absolute Gasteiger partial charge is 0.465 e. The molecule has 0 aliphatic rings. The van der Waals surface area contributed by atoms with Gasteiger partial charge in [0.05, 0.1) is 25.7 Å². The van der Waals surface area contributed by atoms with E-state index in [1.807, 2.05) is 27.7 Å². The Bertz CT molecular complexity index is 367. The van der Waals surface area contributed by atoms with E-state index in [1.54, 1.807) is 11.8 Å². The first-order chi connectivity index (χ1) is 9.68. The molecule has 0 saturated carbocycles. The molecule has 1 atom stereocenters. The lowest BCUT2D eigenvalue weighted by Crippen LogP contribution is -2.49. The minimum atomic E-state index is -0.492. The predicted molar refractivity (Wildman–Crippen MR) is 80.8 cm³/mol. The van der Waals surface area contributed by atoms with Gasteiger partial charge in [-0.05, 0) is 33.6 Å². The van der Waals surface area contributed by atoms with Crippen LogP contribution in [0.4, 0.5) is 0 Å². The molecule has 0 aromatic carbocycles. The van der Waals surface area contributed by atoms with Crippen LogP contribution in [0.25, 0.3) is 0 Å². The van der Waals surface area contributed by atoms with Crippen molar-refractivity contribution in [3.05, 3.63) is 0 Å². The van der Waals surface area contributed by atoms with Gasteiger partial charge in [-0.3, -0.25) is 19.3 Å². The molecule has 0 aromatic heterocycles. The Balaban J connectivity index is 4.60. The van der Waals surface area contributed by atoms with Gasteiger partial charge in [-0.25, -0.2) is 0 Å². The number of hydrogen-bond acceptors (Lipinski definition) is 5. The van der Waals surface area contributed by atoms with Gasteiger partial charge < -0.3 is 10.1 Å². The molecule has 1 unspecified atom stereocenters. The van der Waals surface area contributed by atoms with Crippen LogP contribution in [0.5, 0.6) is 0 Å². The Kier molecular flexibility index (Phi) is 8.85. The highest BCUT2D eigenvalue weighted by Crippen LogP contribution is 2.04. The molecule has 0 aliphatic carbocycles. The van der Waals surface area contributed by atoms with Gasteiger partial charge in [-0.1, -0.05) is 13.8 Å². The summed E-state index contributed by atoms with van der Waals surface area (Å²) in [5.74, 6) is -0.656. The fourth-order valence-electron chi connectivity index (χ4n) is 1.93. The van der Waals surface area contributed by atoms with E-state index in [4.69, 9.17) is 4.74 Å². The highest BCUT2D eigenvalue weighted by atomic mass is 16.5. The summed E-state index contributed by atoms with van der Waals surface area (Å²) in [7, 11) is 0. The van der Waals surface area contributed by atoms with Crippen LogP contribution in [0.15, 0.2) is 0 Å². The second kappa shape index (κ2) is 9.50. The number of Topliss-reactive ketones (excluding diaryl/α,β-unsaturated/α-hetero) is 1. The average molecular weight is 300 g/mol. The maximum Gasteiger partial charge on any atom is 0.320 e. The lowest BCUT2D eigenvalue weighted by atomic mass is 10.0. The monoisotopic (exact) mass is 300 g/mol. The van der Waals surface area contributed by atoms with Crippen molar-refractivity contribution in [1.82, 2.24) is 10.2 Å². The molecule has 122 valence electrons. The number of carbonyl (C=O) groups is 3. The lowest BCUT2D eigenvalue weighted by Gasteiger charge is -2.26. The van der Waals surface area contributed by atoms with Gasteiger partial charge in [0, 0.05) is 6.04 Å². The molecule has 0 aliphatic heterocycles. The van der Waals surface area contributed by atoms with Gasteiger partial charge in [0.15, 0.2) is 5.78 Å². The summed E-state index contributed by atoms with van der Waals surface area (Å²) >= 11 is 0. The zero-order chi connectivity index (χ0) is 16.6. The second-order valence-corrected chi connectivity index (χ2v) is 5.70. The van der Waals surface area contributed by atoms with Crippen molar-refractivity contribution >= 4 is 17.7 Å². The summed E-state index contributed by atoms with van der Waals surface area (Å²) in [5, 5.41) is 2.72. The Labute approximate surface area is 127 Å². The third-order valence-electron chi connectivity index (χ3n) is 3.14. The maximum absolute atomic E-state index is 12.1. The second-order valence-electron chi connectivity index (χ2n) is 5.70. The summed E-state index contributed by atoms with van der Waals surface area (Å²) in [6, 6.07) is -0.468.